The molecule has 0 heterocycles. The van der Waals surface area contributed by atoms with E-state index in [1.165, 1.54) is 10.5 Å². The molecule has 1 rings (SSSR count). The van der Waals surface area contributed by atoms with Gasteiger partial charge in [0, 0.05) is 41.9 Å². The number of nitrogens with one attached hydrogen (secondary N) is 1. The molecule has 0 bridgehead atoms. The van der Waals surface area contributed by atoms with Crippen molar-refractivity contribution < 1.29 is 4.74 Å². The van der Waals surface area contributed by atoms with E-state index in [-0.39, 0.29) is 0 Å². The number of hydrogen-bond acceptors (Lipinski definition) is 4. The van der Waals surface area contributed by atoms with Crippen molar-refractivity contribution in [2.45, 2.75) is 11.4 Å². The summed E-state index contributed by atoms with van der Waals surface area (Å²) in [5, 5.41) is 3.40. The minimum Gasteiger partial charge on any atom is -0.383 e. The predicted molar refractivity (Wildman–Crippen MR) is 87.0 cm³/mol. The lowest BCUT2D eigenvalue weighted by molar-refractivity contribution is 0.199. The first-order valence-electron chi connectivity index (χ1n) is 6.39. The Labute approximate surface area is 129 Å². The Hall–Kier alpha value is -0.0700. The van der Waals surface area contributed by atoms with Gasteiger partial charge < -0.3 is 15.0 Å². The van der Waals surface area contributed by atoms with E-state index >= 15 is 0 Å². The van der Waals surface area contributed by atoms with Gasteiger partial charge in [-0.25, -0.2) is 0 Å². The van der Waals surface area contributed by atoms with Crippen LogP contribution >= 0.6 is 27.7 Å². The van der Waals surface area contributed by atoms with Gasteiger partial charge in [-0.15, -0.1) is 11.8 Å². The molecular weight excluding hydrogens is 324 g/mol. The van der Waals surface area contributed by atoms with Gasteiger partial charge >= 0.3 is 0 Å². The molecule has 1 N–H and O–H groups in total. The van der Waals surface area contributed by atoms with Crippen LogP contribution in [0.1, 0.15) is 5.56 Å². The maximum Gasteiger partial charge on any atom is 0.0587 e. The van der Waals surface area contributed by atoms with Crippen molar-refractivity contribution in [2.24, 2.45) is 0 Å². The SMILES string of the molecule is COCCNCc1cc(Br)ccc1SCCN(C)C. The third-order valence-electron chi connectivity index (χ3n) is 2.62. The van der Waals surface area contributed by atoms with Crippen LogP contribution in [-0.4, -0.2) is 51.6 Å². The normalized spacial score (nSPS) is 11.2. The van der Waals surface area contributed by atoms with Crippen LogP contribution in [0.3, 0.4) is 0 Å². The molecule has 0 atom stereocenters. The van der Waals surface area contributed by atoms with Gasteiger partial charge in [-0.3, -0.25) is 0 Å². The molecule has 108 valence electrons. The fraction of sp³-hybridized carbons (Fsp3) is 0.571. The third kappa shape index (κ3) is 7.32. The number of thioether (sulfide) groups is 1. The summed E-state index contributed by atoms with van der Waals surface area (Å²) in [6, 6.07) is 6.49. The highest BCUT2D eigenvalue weighted by Gasteiger charge is 2.04. The molecule has 1 aromatic carbocycles. The van der Waals surface area contributed by atoms with Gasteiger partial charge in [0.15, 0.2) is 0 Å². The number of rotatable bonds is 9. The topological polar surface area (TPSA) is 24.5 Å². The summed E-state index contributed by atoms with van der Waals surface area (Å²) < 4.78 is 6.17. The zero-order valence-corrected chi connectivity index (χ0v) is 14.3. The lowest BCUT2D eigenvalue weighted by atomic mass is 10.2. The van der Waals surface area contributed by atoms with E-state index in [2.05, 4.69) is 58.4 Å². The summed E-state index contributed by atoms with van der Waals surface area (Å²) in [4.78, 5) is 3.57. The van der Waals surface area contributed by atoms with Crippen molar-refractivity contribution in [2.75, 3.05) is 46.7 Å². The van der Waals surface area contributed by atoms with Crippen LogP contribution in [0, 0.1) is 0 Å². The number of ether oxygens (including phenoxy) is 1. The van der Waals surface area contributed by atoms with E-state index in [9.17, 15) is 0 Å². The van der Waals surface area contributed by atoms with Gasteiger partial charge in [0.25, 0.3) is 0 Å². The van der Waals surface area contributed by atoms with Crippen molar-refractivity contribution in [3.8, 4) is 0 Å². The molecular formula is C14H23BrN2OS. The minimum atomic E-state index is 0.747. The second kappa shape index (κ2) is 9.77. The molecule has 0 unspecified atom stereocenters. The Bertz CT molecular complexity index is 374. The predicted octanol–water partition coefficient (Wildman–Crippen LogP) is 2.84. The standard InChI is InChI=1S/C14H23BrN2OS/c1-17(2)7-9-19-14-5-4-13(15)10-12(14)11-16-6-8-18-3/h4-5,10,16H,6-9,11H2,1-3H3. The molecule has 0 aliphatic heterocycles. The summed E-state index contributed by atoms with van der Waals surface area (Å²) >= 11 is 5.45. The van der Waals surface area contributed by atoms with Crippen molar-refractivity contribution in [3.63, 3.8) is 0 Å². The summed E-state index contributed by atoms with van der Waals surface area (Å²) in [7, 11) is 5.94. The maximum absolute atomic E-state index is 5.04. The number of halogens is 1. The minimum absolute atomic E-state index is 0.747. The van der Waals surface area contributed by atoms with Crippen molar-refractivity contribution in [1.82, 2.24) is 10.2 Å². The highest BCUT2D eigenvalue weighted by atomic mass is 79.9. The van der Waals surface area contributed by atoms with E-state index < -0.39 is 0 Å². The lowest BCUT2D eigenvalue weighted by Gasteiger charge is -2.13. The third-order valence-corrected chi connectivity index (χ3v) is 4.21. The average molecular weight is 347 g/mol. The van der Waals surface area contributed by atoms with Crippen LogP contribution in [-0.2, 0) is 11.3 Å². The molecule has 0 fully saturated rings. The molecule has 1 aromatic rings. The van der Waals surface area contributed by atoms with Crippen molar-refractivity contribution in [3.05, 3.63) is 28.2 Å². The van der Waals surface area contributed by atoms with E-state index in [1.54, 1.807) is 7.11 Å². The number of methoxy groups -OCH3 is 1. The van der Waals surface area contributed by atoms with Crippen LogP contribution < -0.4 is 5.32 Å². The zero-order valence-electron chi connectivity index (χ0n) is 11.9. The highest BCUT2D eigenvalue weighted by molar-refractivity contribution is 9.10. The number of nitrogens with zero attached hydrogens (tertiary/aromatic N) is 1. The first-order valence-corrected chi connectivity index (χ1v) is 8.17. The molecule has 0 radical (unpaired) electrons. The van der Waals surface area contributed by atoms with Gasteiger partial charge in [0.2, 0.25) is 0 Å². The average Bonchev–Trinajstić information content (AvgIpc) is 2.36. The van der Waals surface area contributed by atoms with Gasteiger partial charge in [-0.2, -0.15) is 0 Å². The lowest BCUT2D eigenvalue weighted by Crippen LogP contribution is -2.19. The van der Waals surface area contributed by atoms with Crippen molar-refractivity contribution >= 4 is 27.7 Å². The number of benzene rings is 1. The molecule has 0 aliphatic rings. The Balaban J connectivity index is 2.53. The Morgan fingerprint density at radius 2 is 2.16 bits per heavy atom. The highest BCUT2D eigenvalue weighted by Crippen LogP contribution is 2.26. The monoisotopic (exact) mass is 346 g/mol. The second-order valence-electron chi connectivity index (χ2n) is 4.57. The second-order valence-corrected chi connectivity index (χ2v) is 6.63. The van der Waals surface area contributed by atoms with Gasteiger partial charge in [-0.05, 0) is 37.9 Å². The maximum atomic E-state index is 5.04. The molecule has 0 amide bonds. The van der Waals surface area contributed by atoms with Crippen LogP contribution in [0.2, 0.25) is 0 Å². The van der Waals surface area contributed by atoms with E-state index in [0.29, 0.717) is 0 Å². The first kappa shape index (κ1) is 17.0. The summed E-state index contributed by atoms with van der Waals surface area (Å²) in [5.41, 5.74) is 1.34. The van der Waals surface area contributed by atoms with Gasteiger partial charge in [0.05, 0.1) is 6.61 Å². The molecule has 0 aromatic heterocycles. The summed E-state index contributed by atoms with van der Waals surface area (Å²) in [6.45, 7) is 3.60. The number of hydrogen-bond donors (Lipinski definition) is 1. The van der Waals surface area contributed by atoms with Crippen LogP contribution in [0.15, 0.2) is 27.6 Å². The molecule has 0 aliphatic carbocycles. The molecule has 19 heavy (non-hydrogen) atoms. The van der Waals surface area contributed by atoms with Gasteiger partial charge in [0.1, 0.15) is 0 Å². The molecule has 0 saturated carbocycles. The fourth-order valence-corrected chi connectivity index (χ4v) is 3.13. The van der Waals surface area contributed by atoms with E-state index in [0.717, 1.165) is 36.5 Å². The van der Waals surface area contributed by atoms with Crippen LogP contribution in [0.4, 0.5) is 0 Å². The Morgan fingerprint density at radius 1 is 1.37 bits per heavy atom. The van der Waals surface area contributed by atoms with E-state index in [1.807, 2.05) is 11.8 Å². The summed E-state index contributed by atoms with van der Waals surface area (Å²) in [6.07, 6.45) is 0. The Kier molecular flexibility index (Phi) is 8.74. The smallest absolute Gasteiger partial charge is 0.0587 e. The molecule has 3 nitrogen and oxygen atoms in total. The molecule has 5 heteroatoms. The fourth-order valence-electron chi connectivity index (χ4n) is 1.56. The zero-order chi connectivity index (χ0) is 14.1. The summed E-state index contributed by atoms with van der Waals surface area (Å²) in [5.74, 6) is 1.11. The first-order chi connectivity index (χ1) is 9.13. The van der Waals surface area contributed by atoms with Crippen LogP contribution in [0.25, 0.3) is 0 Å². The molecule has 0 spiro atoms. The van der Waals surface area contributed by atoms with Crippen LogP contribution in [0.5, 0.6) is 0 Å². The van der Waals surface area contributed by atoms with Gasteiger partial charge in [-0.1, -0.05) is 15.9 Å². The van der Waals surface area contributed by atoms with Crippen molar-refractivity contribution in [1.29, 1.82) is 0 Å². The Morgan fingerprint density at radius 3 is 2.84 bits per heavy atom. The largest absolute Gasteiger partial charge is 0.383 e. The quantitative estimate of drug-likeness (QED) is 0.548. The molecule has 0 saturated heterocycles. The van der Waals surface area contributed by atoms with E-state index in [4.69, 9.17) is 4.74 Å².